The third-order valence-corrected chi connectivity index (χ3v) is 4.45. The van der Waals surface area contributed by atoms with E-state index in [1.54, 1.807) is 19.5 Å². The van der Waals surface area contributed by atoms with Crippen LogP contribution in [0.25, 0.3) is 11.3 Å². The minimum absolute atomic E-state index is 0.210. The van der Waals surface area contributed by atoms with Crippen molar-refractivity contribution in [3.63, 3.8) is 0 Å². The van der Waals surface area contributed by atoms with Crippen LogP contribution in [0.4, 0.5) is 4.79 Å². The molecule has 0 spiro atoms. The molecule has 7 heteroatoms. The van der Waals surface area contributed by atoms with Gasteiger partial charge in [-0.05, 0) is 31.0 Å². The molecule has 0 atom stereocenters. The van der Waals surface area contributed by atoms with E-state index in [4.69, 9.17) is 9.84 Å². The number of methoxy groups -OCH3 is 1. The Morgan fingerprint density at radius 3 is 2.76 bits per heavy atom. The van der Waals surface area contributed by atoms with Gasteiger partial charge in [-0.15, -0.1) is 0 Å². The van der Waals surface area contributed by atoms with Crippen LogP contribution in [0.3, 0.4) is 0 Å². The van der Waals surface area contributed by atoms with Gasteiger partial charge in [0.25, 0.3) is 0 Å². The summed E-state index contributed by atoms with van der Waals surface area (Å²) >= 11 is 0. The van der Waals surface area contributed by atoms with Gasteiger partial charge in [0.05, 0.1) is 30.6 Å². The molecule has 134 valence electrons. The molecule has 0 aliphatic heterocycles. The van der Waals surface area contributed by atoms with E-state index in [9.17, 15) is 4.79 Å². The number of pyridine rings is 1. The molecule has 0 unspecified atom stereocenters. The van der Waals surface area contributed by atoms with E-state index in [0.717, 1.165) is 29.8 Å². The second-order valence-corrected chi connectivity index (χ2v) is 6.24. The molecule has 2 aromatic rings. The average molecular weight is 343 g/mol. The van der Waals surface area contributed by atoms with Crippen LogP contribution in [0.1, 0.15) is 37.4 Å². The normalized spacial score (nSPS) is 14.6. The van der Waals surface area contributed by atoms with Gasteiger partial charge >= 0.3 is 6.03 Å². The summed E-state index contributed by atoms with van der Waals surface area (Å²) < 4.78 is 7.04. The summed E-state index contributed by atoms with van der Waals surface area (Å²) in [5.74, 6) is 0. The monoisotopic (exact) mass is 343 g/mol. The summed E-state index contributed by atoms with van der Waals surface area (Å²) in [6, 6.07) is 6.28. The van der Waals surface area contributed by atoms with E-state index in [1.807, 2.05) is 12.1 Å². The van der Waals surface area contributed by atoms with E-state index >= 15 is 0 Å². The lowest BCUT2D eigenvalue weighted by molar-refractivity contribution is 0.195. The highest BCUT2D eigenvalue weighted by Gasteiger charge is 2.22. The van der Waals surface area contributed by atoms with Gasteiger partial charge in [-0.25, -0.2) is 4.79 Å². The Balaban J connectivity index is 1.71. The van der Waals surface area contributed by atoms with Crippen molar-refractivity contribution in [1.82, 2.24) is 25.4 Å². The molecule has 1 aliphatic carbocycles. The SMILES string of the molecule is COCCNC(=O)NCc1cc(-c2ccncc2)n(C2CCCC2)n1. The second kappa shape index (κ2) is 8.62. The number of hydrogen-bond acceptors (Lipinski definition) is 4. The molecule has 2 N–H and O–H groups in total. The van der Waals surface area contributed by atoms with Crippen LogP contribution in [0.15, 0.2) is 30.6 Å². The molecule has 7 nitrogen and oxygen atoms in total. The van der Waals surface area contributed by atoms with Crippen molar-refractivity contribution in [2.24, 2.45) is 0 Å². The zero-order valence-corrected chi connectivity index (χ0v) is 14.6. The highest BCUT2D eigenvalue weighted by Crippen LogP contribution is 2.33. The predicted octanol–water partition coefficient (Wildman–Crippen LogP) is 2.51. The Kier molecular flexibility index (Phi) is 6.00. The molecule has 2 heterocycles. The number of urea groups is 1. The van der Waals surface area contributed by atoms with Crippen molar-refractivity contribution in [2.75, 3.05) is 20.3 Å². The Labute approximate surface area is 147 Å². The van der Waals surface area contributed by atoms with Crippen LogP contribution in [0.5, 0.6) is 0 Å². The average Bonchev–Trinajstić information content (AvgIpc) is 3.30. The highest BCUT2D eigenvalue weighted by molar-refractivity contribution is 5.73. The molecule has 0 bridgehead atoms. The lowest BCUT2D eigenvalue weighted by Crippen LogP contribution is -2.36. The molecule has 1 fully saturated rings. The van der Waals surface area contributed by atoms with Crippen molar-refractivity contribution in [2.45, 2.75) is 38.3 Å². The molecule has 0 aromatic carbocycles. The molecule has 2 amide bonds. The molecule has 0 radical (unpaired) electrons. The van der Waals surface area contributed by atoms with Crippen molar-refractivity contribution in [3.8, 4) is 11.3 Å². The third kappa shape index (κ3) is 4.57. The van der Waals surface area contributed by atoms with E-state index in [1.165, 1.54) is 12.8 Å². The van der Waals surface area contributed by atoms with Gasteiger partial charge in [-0.2, -0.15) is 5.10 Å². The maximum Gasteiger partial charge on any atom is 0.315 e. The summed E-state index contributed by atoms with van der Waals surface area (Å²) in [5.41, 5.74) is 3.05. The van der Waals surface area contributed by atoms with Gasteiger partial charge in [0, 0.05) is 31.6 Å². The van der Waals surface area contributed by atoms with Gasteiger partial charge in [0.2, 0.25) is 0 Å². The van der Waals surface area contributed by atoms with Gasteiger partial charge in [0.1, 0.15) is 0 Å². The number of amides is 2. The maximum absolute atomic E-state index is 11.8. The first-order valence-electron chi connectivity index (χ1n) is 8.77. The van der Waals surface area contributed by atoms with Gasteiger partial charge < -0.3 is 15.4 Å². The quantitative estimate of drug-likeness (QED) is 0.757. The van der Waals surface area contributed by atoms with Gasteiger partial charge in [0.15, 0.2) is 0 Å². The maximum atomic E-state index is 11.8. The zero-order valence-electron chi connectivity index (χ0n) is 14.6. The van der Waals surface area contributed by atoms with E-state index in [2.05, 4.69) is 26.4 Å². The first-order valence-corrected chi connectivity index (χ1v) is 8.77. The topological polar surface area (TPSA) is 81.1 Å². The Morgan fingerprint density at radius 1 is 1.28 bits per heavy atom. The van der Waals surface area contributed by atoms with Crippen LogP contribution < -0.4 is 10.6 Å². The van der Waals surface area contributed by atoms with Gasteiger partial charge in [-0.3, -0.25) is 9.67 Å². The predicted molar refractivity (Wildman–Crippen MR) is 95.1 cm³/mol. The number of nitrogens with one attached hydrogen (secondary N) is 2. The van der Waals surface area contributed by atoms with Crippen LogP contribution >= 0.6 is 0 Å². The molecule has 2 aromatic heterocycles. The molecule has 1 saturated carbocycles. The standard InChI is InChI=1S/C18H25N5O2/c1-25-11-10-20-18(24)21-13-15-12-17(14-6-8-19-9-7-14)23(22-15)16-4-2-3-5-16/h6-9,12,16H,2-5,10-11,13H2,1H3,(H2,20,21,24). The molecule has 0 saturated heterocycles. The lowest BCUT2D eigenvalue weighted by Gasteiger charge is -2.14. The Bertz CT molecular complexity index is 680. The van der Waals surface area contributed by atoms with E-state index < -0.39 is 0 Å². The molecular formula is C18H25N5O2. The van der Waals surface area contributed by atoms with Crippen molar-refractivity contribution < 1.29 is 9.53 Å². The number of carbonyl (C=O) groups is 1. The number of nitrogens with zero attached hydrogens (tertiary/aromatic N) is 3. The fourth-order valence-electron chi connectivity index (χ4n) is 3.20. The Morgan fingerprint density at radius 2 is 2.04 bits per heavy atom. The molecule has 25 heavy (non-hydrogen) atoms. The minimum atomic E-state index is -0.210. The first kappa shape index (κ1) is 17.4. The number of aromatic nitrogens is 3. The largest absolute Gasteiger partial charge is 0.383 e. The number of rotatable bonds is 7. The van der Waals surface area contributed by atoms with Crippen molar-refractivity contribution >= 4 is 6.03 Å². The summed E-state index contributed by atoms with van der Waals surface area (Å²) in [4.78, 5) is 15.9. The highest BCUT2D eigenvalue weighted by atomic mass is 16.5. The van der Waals surface area contributed by atoms with Crippen LogP contribution in [-0.2, 0) is 11.3 Å². The van der Waals surface area contributed by atoms with E-state index in [0.29, 0.717) is 25.7 Å². The van der Waals surface area contributed by atoms with Gasteiger partial charge in [-0.1, -0.05) is 12.8 Å². The molecule has 3 rings (SSSR count). The van der Waals surface area contributed by atoms with Crippen LogP contribution in [0.2, 0.25) is 0 Å². The summed E-state index contributed by atoms with van der Waals surface area (Å²) in [6.45, 7) is 1.38. The summed E-state index contributed by atoms with van der Waals surface area (Å²) in [7, 11) is 1.61. The first-order chi connectivity index (χ1) is 12.3. The summed E-state index contributed by atoms with van der Waals surface area (Å²) in [5, 5.41) is 10.4. The van der Waals surface area contributed by atoms with E-state index in [-0.39, 0.29) is 6.03 Å². The fourth-order valence-corrected chi connectivity index (χ4v) is 3.20. The Hall–Kier alpha value is -2.41. The smallest absolute Gasteiger partial charge is 0.315 e. The van der Waals surface area contributed by atoms with Crippen LogP contribution in [0, 0.1) is 0 Å². The second-order valence-electron chi connectivity index (χ2n) is 6.24. The van der Waals surface area contributed by atoms with Crippen molar-refractivity contribution in [1.29, 1.82) is 0 Å². The third-order valence-electron chi connectivity index (χ3n) is 4.45. The number of hydrogen-bond donors (Lipinski definition) is 2. The minimum Gasteiger partial charge on any atom is -0.383 e. The van der Waals surface area contributed by atoms with Crippen LogP contribution in [-0.4, -0.2) is 41.1 Å². The number of carbonyl (C=O) groups excluding carboxylic acids is 1. The molecular weight excluding hydrogens is 318 g/mol. The number of ether oxygens (including phenoxy) is 1. The summed E-state index contributed by atoms with van der Waals surface area (Å²) in [6.07, 6.45) is 8.39. The molecule has 1 aliphatic rings. The fraction of sp³-hybridized carbons (Fsp3) is 0.500. The lowest BCUT2D eigenvalue weighted by atomic mass is 10.1. The van der Waals surface area contributed by atoms with Crippen molar-refractivity contribution in [3.05, 3.63) is 36.3 Å². The zero-order chi connectivity index (χ0) is 17.5.